The molecule has 1 N–H and O–H groups in total. The standard InChI is InChI=1S/C25H35N3O5S/c1-14-20(24(30)32-2)23(34-22(14)25(31)33-3)26-19(29)13-27-4-6-28(7-5-27)21-17-9-15-8-16(11-17)12-18(21)10-15/h15-18,21H,4-13H2,1-3H3,(H,26,29). The van der Waals surface area contributed by atoms with E-state index < -0.39 is 11.9 Å². The smallest absolute Gasteiger partial charge is 0.348 e. The van der Waals surface area contributed by atoms with Crippen molar-refractivity contribution in [3.05, 3.63) is 16.0 Å². The van der Waals surface area contributed by atoms with Crippen molar-refractivity contribution in [2.24, 2.45) is 23.7 Å². The van der Waals surface area contributed by atoms with Crippen molar-refractivity contribution in [3.63, 3.8) is 0 Å². The fraction of sp³-hybridized carbons (Fsp3) is 0.720. The largest absolute Gasteiger partial charge is 0.465 e. The number of piperazine rings is 1. The number of nitrogens with one attached hydrogen (secondary N) is 1. The lowest BCUT2D eigenvalue weighted by Crippen LogP contribution is -2.60. The normalized spacial score (nSPS) is 30.9. The zero-order valence-corrected chi connectivity index (χ0v) is 21.1. The highest BCUT2D eigenvalue weighted by Crippen LogP contribution is 2.55. The summed E-state index contributed by atoms with van der Waals surface area (Å²) in [5.41, 5.74) is 0.677. The second-order valence-corrected chi connectivity index (χ2v) is 11.5. The minimum absolute atomic E-state index is 0.189. The van der Waals surface area contributed by atoms with Gasteiger partial charge in [-0.1, -0.05) is 0 Å². The van der Waals surface area contributed by atoms with Crippen LogP contribution < -0.4 is 5.32 Å². The van der Waals surface area contributed by atoms with E-state index in [2.05, 4.69) is 15.1 Å². The van der Waals surface area contributed by atoms with Crippen LogP contribution in [0.25, 0.3) is 0 Å². The van der Waals surface area contributed by atoms with Crippen LogP contribution in [0.3, 0.4) is 0 Å². The second kappa shape index (κ2) is 9.59. The van der Waals surface area contributed by atoms with Gasteiger partial charge in [0, 0.05) is 32.2 Å². The van der Waals surface area contributed by atoms with Crippen molar-refractivity contribution in [1.82, 2.24) is 9.80 Å². The van der Waals surface area contributed by atoms with E-state index in [4.69, 9.17) is 9.47 Å². The Morgan fingerprint density at radius 2 is 1.50 bits per heavy atom. The minimum Gasteiger partial charge on any atom is -0.465 e. The van der Waals surface area contributed by atoms with Crippen molar-refractivity contribution < 1.29 is 23.9 Å². The van der Waals surface area contributed by atoms with Gasteiger partial charge in [-0.15, -0.1) is 11.3 Å². The monoisotopic (exact) mass is 489 g/mol. The third-order valence-electron chi connectivity index (χ3n) is 8.53. The molecule has 34 heavy (non-hydrogen) atoms. The van der Waals surface area contributed by atoms with Gasteiger partial charge in [0.05, 0.1) is 26.3 Å². The third-order valence-corrected chi connectivity index (χ3v) is 9.72. The molecule has 1 saturated heterocycles. The number of carbonyl (C=O) groups excluding carboxylic acids is 3. The average molecular weight is 490 g/mol. The van der Waals surface area contributed by atoms with Gasteiger partial charge in [-0.25, -0.2) is 9.59 Å². The van der Waals surface area contributed by atoms with Crippen LogP contribution in [-0.2, 0) is 14.3 Å². The molecule has 0 radical (unpaired) electrons. The predicted molar refractivity (Wildman–Crippen MR) is 129 cm³/mol. The van der Waals surface area contributed by atoms with Crippen LogP contribution in [0.1, 0.15) is 57.7 Å². The molecule has 1 aromatic rings. The molecule has 2 heterocycles. The van der Waals surface area contributed by atoms with E-state index >= 15 is 0 Å². The Morgan fingerprint density at radius 1 is 0.912 bits per heavy atom. The third kappa shape index (κ3) is 4.38. The number of ether oxygens (including phenoxy) is 2. The minimum atomic E-state index is -0.580. The molecule has 5 fully saturated rings. The van der Waals surface area contributed by atoms with E-state index in [0.717, 1.165) is 67.2 Å². The van der Waals surface area contributed by atoms with Crippen molar-refractivity contribution in [2.45, 2.75) is 45.1 Å². The van der Waals surface area contributed by atoms with Gasteiger partial charge < -0.3 is 14.8 Å². The Balaban J connectivity index is 1.18. The molecule has 0 spiro atoms. The highest BCUT2D eigenvalue weighted by atomic mass is 32.1. The first-order valence-corrected chi connectivity index (χ1v) is 13.3. The Hall–Kier alpha value is -1.97. The van der Waals surface area contributed by atoms with Crippen molar-refractivity contribution in [3.8, 4) is 0 Å². The summed E-state index contributed by atoms with van der Waals surface area (Å²) in [6.07, 6.45) is 7.19. The number of hydrogen-bond acceptors (Lipinski definition) is 8. The number of esters is 2. The Bertz CT molecular complexity index is 940. The molecule has 4 bridgehead atoms. The molecule has 4 saturated carbocycles. The van der Waals surface area contributed by atoms with Crippen LogP contribution in [-0.4, -0.2) is 80.6 Å². The topological polar surface area (TPSA) is 88.2 Å². The van der Waals surface area contributed by atoms with E-state index in [1.165, 1.54) is 46.3 Å². The Morgan fingerprint density at radius 3 is 2.06 bits per heavy atom. The zero-order valence-electron chi connectivity index (χ0n) is 20.3. The molecular weight excluding hydrogens is 454 g/mol. The van der Waals surface area contributed by atoms with Gasteiger partial charge in [0.25, 0.3) is 0 Å². The summed E-state index contributed by atoms with van der Waals surface area (Å²) in [7, 11) is 2.58. The Kier molecular flexibility index (Phi) is 6.70. The van der Waals surface area contributed by atoms with E-state index in [-0.39, 0.29) is 18.0 Å². The maximum atomic E-state index is 12.9. The van der Waals surface area contributed by atoms with E-state index in [9.17, 15) is 14.4 Å². The molecule has 0 aromatic carbocycles. The first kappa shape index (κ1) is 23.8. The van der Waals surface area contributed by atoms with Crippen LogP contribution in [0, 0.1) is 30.6 Å². The average Bonchev–Trinajstić information content (AvgIpc) is 3.13. The molecule has 186 valence electrons. The molecule has 9 heteroatoms. The van der Waals surface area contributed by atoms with Crippen LogP contribution >= 0.6 is 11.3 Å². The molecule has 8 nitrogen and oxygen atoms in total. The lowest BCUT2D eigenvalue weighted by atomic mass is 9.54. The van der Waals surface area contributed by atoms with Crippen molar-refractivity contribution >= 4 is 34.2 Å². The van der Waals surface area contributed by atoms with Gasteiger partial charge in [-0.2, -0.15) is 0 Å². The molecule has 0 atom stereocenters. The SMILES string of the molecule is COC(=O)c1sc(NC(=O)CN2CCN(C3C4CC5CC(C4)CC3C5)CC2)c(C(=O)OC)c1C. The lowest BCUT2D eigenvalue weighted by Gasteiger charge is -2.58. The summed E-state index contributed by atoms with van der Waals surface area (Å²) in [4.78, 5) is 42.4. The van der Waals surface area contributed by atoms with Gasteiger partial charge in [0.15, 0.2) is 0 Å². The Labute approximate surface area is 204 Å². The first-order valence-electron chi connectivity index (χ1n) is 12.4. The van der Waals surface area contributed by atoms with Crippen LogP contribution in [0.4, 0.5) is 5.00 Å². The second-order valence-electron chi connectivity index (χ2n) is 10.5. The highest BCUT2D eigenvalue weighted by molar-refractivity contribution is 7.18. The fourth-order valence-corrected chi connectivity index (χ4v) is 8.45. The molecule has 6 rings (SSSR count). The number of carbonyl (C=O) groups is 3. The van der Waals surface area contributed by atoms with Crippen LogP contribution in [0.15, 0.2) is 0 Å². The van der Waals surface area contributed by atoms with Gasteiger partial charge in [-0.05, 0) is 68.3 Å². The van der Waals surface area contributed by atoms with Crippen LogP contribution in [0.2, 0.25) is 0 Å². The van der Waals surface area contributed by atoms with Crippen molar-refractivity contribution in [2.75, 3.05) is 52.3 Å². The zero-order chi connectivity index (χ0) is 24.0. The number of anilines is 1. The summed E-state index contributed by atoms with van der Waals surface area (Å²) in [5, 5.41) is 3.18. The van der Waals surface area contributed by atoms with Gasteiger partial charge in [-0.3, -0.25) is 14.6 Å². The maximum absolute atomic E-state index is 12.9. The quantitative estimate of drug-likeness (QED) is 0.615. The molecule has 0 unspecified atom stereocenters. The maximum Gasteiger partial charge on any atom is 0.348 e. The number of methoxy groups -OCH3 is 2. The van der Waals surface area contributed by atoms with Crippen molar-refractivity contribution in [1.29, 1.82) is 0 Å². The van der Waals surface area contributed by atoms with E-state index in [0.29, 0.717) is 15.4 Å². The molecular formula is C25H35N3O5S. The number of nitrogens with zero attached hydrogens (tertiary/aromatic N) is 2. The molecule has 1 aromatic heterocycles. The molecule has 1 amide bonds. The van der Waals surface area contributed by atoms with Gasteiger partial charge >= 0.3 is 11.9 Å². The van der Waals surface area contributed by atoms with Gasteiger partial charge in [0.1, 0.15) is 9.88 Å². The van der Waals surface area contributed by atoms with Crippen LogP contribution in [0.5, 0.6) is 0 Å². The number of hydrogen-bond donors (Lipinski definition) is 1. The highest BCUT2D eigenvalue weighted by Gasteiger charge is 2.50. The first-order chi connectivity index (χ1) is 16.4. The molecule has 5 aliphatic rings. The summed E-state index contributed by atoms with van der Waals surface area (Å²) in [5.74, 6) is 2.43. The fourth-order valence-electron chi connectivity index (χ4n) is 7.32. The number of rotatable bonds is 6. The number of thiophene rings is 1. The summed E-state index contributed by atoms with van der Waals surface area (Å²) < 4.78 is 9.69. The number of amides is 1. The summed E-state index contributed by atoms with van der Waals surface area (Å²) in [6.45, 7) is 5.69. The summed E-state index contributed by atoms with van der Waals surface area (Å²) in [6, 6.07) is 0.747. The van der Waals surface area contributed by atoms with E-state index in [1.807, 2.05) is 0 Å². The molecule has 1 aliphatic heterocycles. The van der Waals surface area contributed by atoms with E-state index in [1.54, 1.807) is 6.92 Å². The predicted octanol–water partition coefficient (Wildman–Crippen LogP) is 3.01. The molecule has 4 aliphatic carbocycles. The van der Waals surface area contributed by atoms with Gasteiger partial charge in [0.2, 0.25) is 5.91 Å². The lowest BCUT2D eigenvalue weighted by molar-refractivity contribution is -0.118. The summed E-state index contributed by atoms with van der Waals surface area (Å²) >= 11 is 1.05.